The van der Waals surface area contributed by atoms with Crippen molar-refractivity contribution in [1.82, 2.24) is 14.7 Å². The van der Waals surface area contributed by atoms with Crippen molar-refractivity contribution in [2.75, 3.05) is 38.2 Å². The van der Waals surface area contributed by atoms with E-state index in [0.717, 1.165) is 17.7 Å². The minimum absolute atomic E-state index is 0.186. The molecular weight excluding hydrogens is 481 g/mol. The molecule has 190 valence electrons. The molecule has 9 heteroatoms. The van der Waals surface area contributed by atoms with E-state index in [1.807, 2.05) is 47.4 Å². The molecule has 3 aromatic carbocycles. The quantitative estimate of drug-likeness (QED) is 0.357. The summed E-state index contributed by atoms with van der Waals surface area (Å²) in [6.07, 6.45) is -4.40. The summed E-state index contributed by atoms with van der Waals surface area (Å²) in [5, 5.41) is 4.73. The highest BCUT2D eigenvalue weighted by atomic mass is 19.4. The number of nitrogens with zero attached hydrogens (tertiary/aromatic N) is 4. The third-order valence-corrected chi connectivity index (χ3v) is 6.42. The van der Waals surface area contributed by atoms with Gasteiger partial charge in [0.1, 0.15) is 11.4 Å². The molecule has 4 aromatic rings. The molecule has 0 aliphatic carbocycles. The summed E-state index contributed by atoms with van der Waals surface area (Å²) in [6, 6.07) is 24.0. The summed E-state index contributed by atoms with van der Waals surface area (Å²) in [7, 11) is 1.59. The molecule has 37 heavy (non-hydrogen) atoms. The van der Waals surface area contributed by atoms with Gasteiger partial charge in [-0.1, -0.05) is 36.4 Å². The fourth-order valence-electron chi connectivity index (χ4n) is 4.41. The molecule has 0 spiro atoms. The first-order chi connectivity index (χ1) is 17.8. The molecule has 0 atom stereocenters. The van der Waals surface area contributed by atoms with Crippen LogP contribution in [0.25, 0.3) is 16.9 Å². The van der Waals surface area contributed by atoms with E-state index in [0.29, 0.717) is 54.7 Å². The van der Waals surface area contributed by atoms with Crippen LogP contribution in [0.2, 0.25) is 0 Å². The van der Waals surface area contributed by atoms with Gasteiger partial charge in [-0.2, -0.15) is 18.3 Å². The van der Waals surface area contributed by atoms with E-state index >= 15 is 0 Å². The maximum Gasteiger partial charge on any atom is 0.416 e. The predicted octanol–water partition coefficient (Wildman–Crippen LogP) is 5.53. The number of alkyl halides is 3. The van der Waals surface area contributed by atoms with E-state index in [1.165, 1.54) is 6.07 Å². The topological polar surface area (TPSA) is 50.6 Å². The van der Waals surface area contributed by atoms with Gasteiger partial charge in [-0.05, 0) is 48.5 Å². The Bertz CT molecular complexity index is 1380. The van der Waals surface area contributed by atoms with Crippen LogP contribution in [0.15, 0.2) is 84.9 Å². The Hall–Kier alpha value is -4.27. The summed E-state index contributed by atoms with van der Waals surface area (Å²) >= 11 is 0. The Morgan fingerprint density at radius 2 is 1.54 bits per heavy atom. The van der Waals surface area contributed by atoms with Crippen molar-refractivity contribution in [3.8, 4) is 22.7 Å². The first kappa shape index (κ1) is 24.4. The van der Waals surface area contributed by atoms with Crippen LogP contribution in [0, 0.1) is 0 Å². The number of aromatic nitrogens is 2. The lowest BCUT2D eigenvalue weighted by Crippen LogP contribution is -2.49. The van der Waals surface area contributed by atoms with E-state index in [4.69, 9.17) is 9.84 Å². The molecule has 2 heterocycles. The van der Waals surface area contributed by atoms with Gasteiger partial charge in [-0.15, -0.1) is 0 Å². The molecule has 1 amide bonds. The number of ether oxygens (including phenoxy) is 1. The lowest BCUT2D eigenvalue weighted by Gasteiger charge is -2.36. The van der Waals surface area contributed by atoms with E-state index in [2.05, 4.69) is 0 Å². The van der Waals surface area contributed by atoms with Gasteiger partial charge in [0, 0.05) is 37.4 Å². The highest BCUT2D eigenvalue weighted by Gasteiger charge is 2.32. The highest BCUT2D eigenvalue weighted by Crippen LogP contribution is 2.32. The summed E-state index contributed by atoms with van der Waals surface area (Å²) in [6.45, 7) is 1.61. The predicted molar refractivity (Wildman–Crippen MR) is 135 cm³/mol. The number of hydrogen-bond acceptors (Lipinski definition) is 4. The molecule has 1 aromatic heterocycles. The van der Waals surface area contributed by atoms with Gasteiger partial charge in [0.05, 0.1) is 24.1 Å². The van der Waals surface area contributed by atoms with Crippen molar-refractivity contribution in [3.05, 3.63) is 96.2 Å². The number of hydrogen-bond donors (Lipinski definition) is 0. The van der Waals surface area contributed by atoms with E-state index in [-0.39, 0.29) is 5.91 Å². The van der Waals surface area contributed by atoms with Crippen LogP contribution in [0.1, 0.15) is 16.1 Å². The molecule has 0 unspecified atom stereocenters. The lowest BCUT2D eigenvalue weighted by atomic mass is 10.1. The van der Waals surface area contributed by atoms with Crippen LogP contribution >= 0.6 is 0 Å². The Morgan fingerprint density at radius 3 is 2.19 bits per heavy atom. The first-order valence-electron chi connectivity index (χ1n) is 11.8. The van der Waals surface area contributed by atoms with Gasteiger partial charge < -0.3 is 14.5 Å². The lowest BCUT2D eigenvalue weighted by molar-refractivity contribution is -0.137. The second-order valence-corrected chi connectivity index (χ2v) is 8.72. The third-order valence-electron chi connectivity index (χ3n) is 6.42. The van der Waals surface area contributed by atoms with Crippen molar-refractivity contribution in [3.63, 3.8) is 0 Å². The second-order valence-electron chi connectivity index (χ2n) is 8.72. The maximum atomic E-state index is 13.7. The number of anilines is 1. The molecule has 0 bridgehead atoms. The minimum atomic E-state index is -4.40. The summed E-state index contributed by atoms with van der Waals surface area (Å²) in [5.74, 6) is 0.506. The smallest absolute Gasteiger partial charge is 0.416 e. The number of carbonyl (C=O) groups is 1. The van der Waals surface area contributed by atoms with Crippen LogP contribution in [0.5, 0.6) is 5.75 Å². The zero-order chi connectivity index (χ0) is 26.0. The molecule has 0 radical (unpaired) electrons. The maximum absolute atomic E-state index is 13.7. The van der Waals surface area contributed by atoms with Crippen molar-refractivity contribution in [1.29, 1.82) is 0 Å². The zero-order valence-corrected chi connectivity index (χ0v) is 20.2. The fraction of sp³-hybridized carbons (Fsp3) is 0.214. The molecule has 0 N–H and O–H groups in total. The highest BCUT2D eigenvalue weighted by molar-refractivity contribution is 5.94. The molecule has 1 aliphatic heterocycles. The van der Waals surface area contributed by atoms with E-state index < -0.39 is 11.7 Å². The average molecular weight is 507 g/mol. The molecular formula is C28H25F3N4O2. The van der Waals surface area contributed by atoms with Crippen LogP contribution in [-0.2, 0) is 6.18 Å². The molecule has 1 fully saturated rings. The van der Waals surface area contributed by atoms with E-state index in [1.54, 1.807) is 41.0 Å². The zero-order valence-electron chi connectivity index (χ0n) is 20.2. The van der Waals surface area contributed by atoms with Gasteiger partial charge in [-0.25, -0.2) is 4.68 Å². The van der Waals surface area contributed by atoms with Gasteiger partial charge in [-0.3, -0.25) is 4.79 Å². The largest absolute Gasteiger partial charge is 0.497 e. The first-order valence-corrected chi connectivity index (χ1v) is 11.8. The average Bonchev–Trinajstić information content (AvgIpc) is 3.38. The standard InChI is InChI=1S/C28H25F3N4O2/c1-37-24-12-10-22(11-13-24)35-26(19-25(32-35)20-6-3-2-4-7-20)27(36)34-16-14-33(15-17-34)23-9-5-8-21(18-23)28(29,30)31/h2-13,18-19H,14-17H2,1H3. The van der Waals surface area contributed by atoms with Gasteiger partial charge in [0.15, 0.2) is 0 Å². The fourth-order valence-corrected chi connectivity index (χ4v) is 4.41. The van der Waals surface area contributed by atoms with Gasteiger partial charge >= 0.3 is 6.18 Å². The number of halogens is 3. The van der Waals surface area contributed by atoms with Gasteiger partial charge in [0.2, 0.25) is 0 Å². The van der Waals surface area contributed by atoms with Crippen molar-refractivity contribution in [2.24, 2.45) is 0 Å². The Morgan fingerprint density at radius 1 is 0.838 bits per heavy atom. The minimum Gasteiger partial charge on any atom is -0.497 e. The molecule has 0 saturated carbocycles. The number of benzene rings is 3. The summed E-state index contributed by atoms with van der Waals surface area (Å²) in [5.41, 5.74) is 2.50. The number of carbonyl (C=O) groups excluding carboxylic acids is 1. The number of piperazine rings is 1. The summed E-state index contributed by atoms with van der Waals surface area (Å²) < 4.78 is 46.3. The SMILES string of the molecule is COc1ccc(-n2nc(-c3ccccc3)cc2C(=O)N2CCN(c3cccc(C(F)(F)F)c3)CC2)cc1. The second kappa shape index (κ2) is 10.0. The van der Waals surface area contributed by atoms with Crippen LogP contribution in [0.4, 0.5) is 18.9 Å². The number of methoxy groups -OCH3 is 1. The third kappa shape index (κ3) is 5.16. The monoisotopic (exact) mass is 506 g/mol. The molecule has 5 rings (SSSR count). The molecule has 1 aliphatic rings. The van der Waals surface area contributed by atoms with Crippen molar-refractivity contribution < 1.29 is 22.7 Å². The normalized spacial score (nSPS) is 14.1. The van der Waals surface area contributed by atoms with Gasteiger partial charge in [0.25, 0.3) is 5.91 Å². The Balaban J connectivity index is 1.39. The molecule has 1 saturated heterocycles. The van der Waals surface area contributed by atoms with Crippen molar-refractivity contribution >= 4 is 11.6 Å². The number of amides is 1. The van der Waals surface area contributed by atoms with Crippen LogP contribution < -0.4 is 9.64 Å². The van der Waals surface area contributed by atoms with E-state index in [9.17, 15) is 18.0 Å². The molecule has 6 nitrogen and oxygen atoms in total. The van der Waals surface area contributed by atoms with Crippen LogP contribution in [0.3, 0.4) is 0 Å². The van der Waals surface area contributed by atoms with Crippen molar-refractivity contribution in [2.45, 2.75) is 6.18 Å². The van der Waals surface area contributed by atoms with Crippen LogP contribution in [-0.4, -0.2) is 53.9 Å². The number of rotatable bonds is 5. The Labute approximate surface area is 212 Å². The Kier molecular flexibility index (Phi) is 6.60. The summed E-state index contributed by atoms with van der Waals surface area (Å²) in [4.78, 5) is 17.3.